The number of Topliss-reactive ketones (excluding diaryl/α,β-unsaturated/α-hetero) is 1. The van der Waals surface area contributed by atoms with Crippen molar-refractivity contribution >= 4 is 17.7 Å². The van der Waals surface area contributed by atoms with Crippen molar-refractivity contribution in [2.75, 3.05) is 26.9 Å². The largest absolute Gasteiger partial charge is 0.462 e. The number of ketones is 1. The maximum absolute atomic E-state index is 12.9. The highest BCUT2D eigenvalue weighted by Gasteiger charge is 2.38. The number of nitrogens with one attached hydrogen (secondary N) is 1. The molecule has 6 heteroatoms. The summed E-state index contributed by atoms with van der Waals surface area (Å²) in [6.45, 7) is 14.0. The van der Waals surface area contributed by atoms with Gasteiger partial charge in [0.25, 0.3) is 0 Å². The molecule has 0 aromatic heterocycles. The Bertz CT molecular complexity index is 708. The summed E-state index contributed by atoms with van der Waals surface area (Å²) in [5, 5.41) is 2.49. The highest BCUT2D eigenvalue weighted by molar-refractivity contribution is 6.06. The predicted molar refractivity (Wildman–Crippen MR) is 118 cm³/mol. The highest BCUT2D eigenvalue weighted by Crippen LogP contribution is 2.46. The summed E-state index contributed by atoms with van der Waals surface area (Å²) in [5.74, 6) is -0.214. The van der Waals surface area contributed by atoms with E-state index in [2.05, 4.69) is 11.9 Å². The van der Waals surface area contributed by atoms with Gasteiger partial charge in [-0.3, -0.25) is 9.59 Å². The Labute approximate surface area is 180 Å². The molecule has 30 heavy (non-hydrogen) atoms. The molecule has 168 valence electrons. The fraction of sp³-hybridized carbons (Fsp3) is 0.625. The van der Waals surface area contributed by atoms with Gasteiger partial charge in [-0.25, -0.2) is 4.79 Å². The molecule has 2 aliphatic carbocycles. The van der Waals surface area contributed by atoms with Crippen molar-refractivity contribution < 1.29 is 23.9 Å². The average molecular weight is 420 g/mol. The minimum atomic E-state index is -0.447. The Balaban J connectivity index is 0.00000218. The molecule has 6 nitrogen and oxygen atoms in total. The first-order valence-electron chi connectivity index (χ1n) is 10.9. The molecule has 0 heterocycles. The number of likely N-dealkylation sites (N-methyl/N-ethyl adjacent to an activating group) is 1. The molecule has 0 spiro atoms. The van der Waals surface area contributed by atoms with Crippen LogP contribution in [0.3, 0.4) is 0 Å². The van der Waals surface area contributed by atoms with E-state index in [0.717, 1.165) is 30.4 Å². The lowest BCUT2D eigenvalue weighted by Gasteiger charge is -2.26. The van der Waals surface area contributed by atoms with Crippen LogP contribution in [0.4, 0.5) is 0 Å². The molecule has 0 aromatic carbocycles. The van der Waals surface area contributed by atoms with E-state index in [9.17, 15) is 14.4 Å². The Morgan fingerprint density at radius 2 is 1.80 bits per heavy atom. The number of allylic oxidation sites excluding steroid dienone is 2. The lowest BCUT2D eigenvalue weighted by atomic mass is 9.77. The van der Waals surface area contributed by atoms with Crippen molar-refractivity contribution in [1.82, 2.24) is 5.32 Å². The third kappa shape index (κ3) is 6.94. The second kappa shape index (κ2) is 12.5. The summed E-state index contributed by atoms with van der Waals surface area (Å²) in [6, 6.07) is 0. The zero-order valence-electron chi connectivity index (χ0n) is 19.4. The summed E-state index contributed by atoms with van der Waals surface area (Å²) >= 11 is 0. The lowest BCUT2D eigenvalue weighted by molar-refractivity contribution is -0.138. The Morgan fingerprint density at radius 1 is 1.17 bits per heavy atom. The second-order valence-corrected chi connectivity index (χ2v) is 7.64. The molecule has 2 rings (SSSR count). The van der Waals surface area contributed by atoms with Gasteiger partial charge < -0.3 is 14.8 Å². The zero-order chi connectivity index (χ0) is 22.8. The summed E-state index contributed by atoms with van der Waals surface area (Å²) in [5.41, 5.74) is 3.25. The van der Waals surface area contributed by atoms with E-state index in [1.165, 1.54) is 7.05 Å². The van der Waals surface area contributed by atoms with Crippen molar-refractivity contribution in [2.24, 2.45) is 11.8 Å². The van der Waals surface area contributed by atoms with Gasteiger partial charge in [0, 0.05) is 19.0 Å². The molecule has 0 radical (unpaired) electrons. The van der Waals surface area contributed by atoms with Crippen LogP contribution in [-0.4, -0.2) is 44.5 Å². The molecule has 2 saturated carbocycles. The maximum Gasteiger partial charge on any atom is 0.338 e. The van der Waals surface area contributed by atoms with Crippen LogP contribution < -0.4 is 5.32 Å². The van der Waals surface area contributed by atoms with Crippen LogP contribution in [0.1, 0.15) is 60.3 Å². The first-order chi connectivity index (χ1) is 14.3. The van der Waals surface area contributed by atoms with Crippen LogP contribution in [0, 0.1) is 11.8 Å². The van der Waals surface area contributed by atoms with E-state index in [1.54, 1.807) is 13.8 Å². The number of carbonyl (C=O) groups excluding carboxylic acids is 3. The molecule has 0 saturated heterocycles. The summed E-state index contributed by atoms with van der Waals surface area (Å²) in [7, 11) is 1.54. The molecular formula is C24H37NO5. The first kappa shape index (κ1) is 25.8. The van der Waals surface area contributed by atoms with Gasteiger partial charge in [-0.15, -0.1) is 0 Å². The highest BCUT2D eigenvalue weighted by atomic mass is 16.5. The number of ether oxygens (including phenoxy) is 2. The van der Waals surface area contributed by atoms with Crippen LogP contribution >= 0.6 is 0 Å². The Hall–Kier alpha value is -2.21. The lowest BCUT2D eigenvalue weighted by Crippen LogP contribution is -2.25. The molecule has 0 aromatic rings. The van der Waals surface area contributed by atoms with E-state index in [1.807, 2.05) is 20.8 Å². The SMILES string of the molecule is C=C1CC(C)CC(=O)/C1=C(/C(C(=O)OCC)=C(\C)COCC(=O)NC)C1CC1.CC. The molecule has 1 atom stereocenters. The van der Waals surface area contributed by atoms with E-state index in [-0.39, 0.29) is 43.3 Å². The quantitative estimate of drug-likeness (QED) is 0.476. The molecule has 0 bridgehead atoms. The monoisotopic (exact) mass is 419 g/mol. The number of carbonyl (C=O) groups is 3. The fourth-order valence-electron chi connectivity index (χ4n) is 3.61. The number of hydrogen-bond donors (Lipinski definition) is 1. The van der Waals surface area contributed by atoms with Crippen LogP contribution in [0.2, 0.25) is 0 Å². The second-order valence-electron chi connectivity index (χ2n) is 7.64. The van der Waals surface area contributed by atoms with Crippen molar-refractivity contribution in [2.45, 2.75) is 60.3 Å². The topological polar surface area (TPSA) is 81.7 Å². The molecule has 1 N–H and O–H groups in total. The van der Waals surface area contributed by atoms with Crippen molar-refractivity contribution in [3.63, 3.8) is 0 Å². The van der Waals surface area contributed by atoms with Gasteiger partial charge in [-0.2, -0.15) is 0 Å². The summed E-state index contributed by atoms with van der Waals surface area (Å²) in [4.78, 5) is 37.1. The molecular weight excluding hydrogens is 382 g/mol. The number of amides is 1. The van der Waals surface area contributed by atoms with Gasteiger partial charge in [0.05, 0.1) is 18.8 Å². The van der Waals surface area contributed by atoms with E-state index >= 15 is 0 Å². The van der Waals surface area contributed by atoms with E-state index in [0.29, 0.717) is 23.1 Å². The molecule has 2 aliphatic rings. The number of rotatable bonds is 8. The van der Waals surface area contributed by atoms with Crippen molar-refractivity contribution in [1.29, 1.82) is 0 Å². The van der Waals surface area contributed by atoms with Crippen LogP contribution in [0.15, 0.2) is 34.4 Å². The zero-order valence-corrected chi connectivity index (χ0v) is 19.4. The van der Waals surface area contributed by atoms with E-state index in [4.69, 9.17) is 9.47 Å². The van der Waals surface area contributed by atoms with Crippen LogP contribution in [0.5, 0.6) is 0 Å². The fourth-order valence-corrected chi connectivity index (χ4v) is 3.61. The average Bonchev–Trinajstić information content (AvgIpc) is 3.53. The summed E-state index contributed by atoms with van der Waals surface area (Å²) in [6.07, 6.45) is 3.08. The first-order valence-corrected chi connectivity index (χ1v) is 10.9. The van der Waals surface area contributed by atoms with Gasteiger partial charge in [-0.1, -0.05) is 27.4 Å². The number of hydrogen-bond acceptors (Lipinski definition) is 5. The Kier molecular flexibility index (Phi) is 10.7. The molecule has 1 amide bonds. The third-order valence-electron chi connectivity index (χ3n) is 5.02. The van der Waals surface area contributed by atoms with E-state index < -0.39 is 5.97 Å². The van der Waals surface area contributed by atoms with Gasteiger partial charge in [-0.05, 0) is 61.7 Å². The van der Waals surface area contributed by atoms with Crippen molar-refractivity contribution in [3.05, 3.63) is 34.4 Å². The minimum absolute atomic E-state index is 0.0477. The van der Waals surface area contributed by atoms with Gasteiger partial charge >= 0.3 is 5.97 Å². The standard InChI is InChI=1S/C22H31NO5.C2H6/c1-6-28-22(26)20(15(4)11-27-12-18(25)23-5)21(16-7-8-16)19-14(3)9-13(2)10-17(19)24;1-2/h13,16H,3,6-12H2,1-2,4-5H3,(H,23,25);1-2H3/b20-15-,21-19+;. The normalized spacial score (nSPS) is 21.2. The molecule has 0 aliphatic heterocycles. The van der Waals surface area contributed by atoms with Gasteiger partial charge in [0.1, 0.15) is 6.61 Å². The molecule has 1 unspecified atom stereocenters. The molecule has 2 fully saturated rings. The van der Waals surface area contributed by atoms with Crippen molar-refractivity contribution in [3.8, 4) is 0 Å². The van der Waals surface area contributed by atoms with Crippen LogP contribution in [0.25, 0.3) is 0 Å². The third-order valence-corrected chi connectivity index (χ3v) is 5.02. The minimum Gasteiger partial charge on any atom is -0.462 e. The van der Waals surface area contributed by atoms with Gasteiger partial charge in [0.2, 0.25) is 5.91 Å². The van der Waals surface area contributed by atoms with Crippen LogP contribution in [-0.2, 0) is 23.9 Å². The Morgan fingerprint density at radius 3 is 2.30 bits per heavy atom. The maximum atomic E-state index is 12.9. The predicted octanol–water partition coefficient (Wildman–Crippen LogP) is 3.92. The number of esters is 1. The van der Waals surface area contributed by atoms with Gasteiger partial charge in [0.15, 0.2) is 5.78 Å². The summed E-state index contributed by atoms with van der Waals surface area (Å²) < 4.78 is 10.8. The smallest absolute Gasteiger partial charge is 0.338 e.